The van der Waals surface area contributed by atoms with E-state index in [0.29, 0.717) is 6.04 Å². The summed E-state index contributed by atoms with van der Waals surface area (Å²) in [6.45, 7) is 8.32. The van der Waals surface area contributed by atoms with Gasteiger partial charge in [0, 0.05) is 18.6 Å². The van der Waals surface area contributed by atoms with Crippen molar-refractivity contribution in [3.63, 3.8) is 0 Å². The summed E-state index contributed by atoms with van der Waals surface area (Å²) in [6.07, 6.45) is 2.73. The minimum absolute atomic E-state index is 0.555. The number of nitrogens with zero attached hydrogens (tertiary/aromatic N) is 1. The van der Waals surface area contributed by atoms with Gasteiger partial charge in [0.25, 0.3) is 0 Å². The Kier molecular flexibility index (Phi) is 3.65. The summed E-state index contributed by atoms with van der Waals surface area (Å²) in [7, 11) is 0. The van der Waals surface area contributed by atoms with Crippen molar-refractivity contribution in [2.75, 3.05) is 6.54 Å². The van der Waals surface area contributed by atoms with Crippen molar-refractivity contribution in [3.8, 4) is 0 Å². The van der Waals surface area contributed by atoms with Gasteiger partial charge >= 0.3 is 0 Å². The smallest absolute Gasteiger partial charge is 0.0322 e. The van der Waals surface area contributed by atoms with Crippen molar-refractivity contribution in [2.45, 2.75) is 45.7 Å². The molecule has 0 saturated carbocycles. The zero-order valence-corrected chi connectivity index (χ0v) is 10.7. The third-order valence-electron chi connectivity index (χ3n) is 3.95. The number of hydrogen-bond acceptors (Lipinski definition) is 1. The highest BCUT2D eigenvalue weighted by atomic mass is 15.2. The molecule has 1 aromatic rings. The van der Waals surface area contributed by atoms with E-state index in [9.17, 15) is 0 Å². The molecule has 1 heteroatoms. The molecule has 0 aromatic heterocycles. The maximum absolute atomic E-state index is 2.66. The topological polar surface area (TPSA) is 3.24 Å². The van der Waals surface area contributed by atoms with E-state index in [1.54, 1.807) is 0 Å². The van der Waals surface area contributed by atoms with Crippen molar-refractivity contribution in [3.05, 3.63) is 35.9 Å². The summed E-state index contributed by atoms with van der Waals surface area (Å²) >= 11 is 0. The van der Waals surface area contributed by atoms with Crippen LogP contribution < -0.4 is 0 Å². The average Bonchev–Trinajstić information content (AvgIpc) is 2.32. The first-order valence-electron chi connectivity index (χ1n) is 6.49. The summed E-state index contributed by atoms with van der Waals surface area (Å²) in [5.74, 6) is 0.849. The zero-order valence-electron chi connectivity index (χ0n) is 10.7. The highest BCUT2D eigenvalue weighted by Crippen LogP contribution is 2.30. The van der Waals surface area contributed by atoms with Gasteiger partial charge in [-0.3, -0.25) is 4.90 Å². The van der Waals surface area contributed by atoms with E-state index in [4.69, 9.17) is 0 Å². The molecule has 88 valence electrons. The monoisotopic (exact) mass is 217 g/mol. The molecule has 1 saturated heterocycles. The van der Waals surface area contributed by atoms with Crippen LogP contribution in [0.25, 0.3) is 0 Å². The Morgan fingerprint density at radius 2 is 1.81 bits per heavy atom. The molecule has 0 amide bonds. The summed E-state index contributed by atoms with van der Waals surface area (Å²) < 4.78 is 0. The molecule has 16 heavy (non-hydrogen) atoms. The van der Waals surface area contributed by atoms with Crippen LogP contribution in [0.15, 0.2) is 30.3 Å². The Balaban J connectivity index is 2.11. The molecule has 1 aliphatic heterocycles. The highest BCUT2D eigenvalue weighted by molar-refractivity contribution is 5.18. The van der Waals surface area contributed by atoms with Crippen LogP contribution in [-0.2, 0) is 0 Å². The van der Waals surface area contributed by atoms with Gasteiger partial charge in [-0.2, -0.15) is 0 Å². The first kappa shape index (κ1) is 11.7. The Bertz CT molecular complexity index is 319. The molecule has 1 aliphatic rings. The average molecular weight is 217 g/mol. The molecule has 0 aliphatic carbocycles. The van der Waals surface area contributed by atoms with Gasteiger partial charge in [0.15, 0.2) is 0 Å². The molecule has 1 nitrogen and oxygen atoms in total. The fraction of sp³-hybridized carbons (Fsp3) is 0.600. The summed E-state index contributed by atoms with van der Waals surface area (Å²) in [6, 6.07) is 12.2. The summed E-state index contributed by atoms with van der Waals surface area (Å²) in [5, 5.41) is 0. The molecule has 2 rings (SSSR count). The minimum atomic E-state index is 0.555. The van der Waals surface area contributed by atoms with Crippen molar-refractivity contribution >= 4 is 0 Å². The molecule has 1 fully saturated rings. The summed E-state index contributed by atoms with van der Waals surface area (Å²) in [5.41, 5.74) is 1.45. The van der Waals surface area contributed by atoms with Gasteiger partial charge in [0.05, 0.1) is 0 Å². The highest BCUT2D eigenvalue weighted by Gasteiger charge is 2.27. The zero-order chi connectivity index (χ0) is 11.5. The van der Waals surface area contributed by atoms with Gasteiger partial charge < -0.3 is 0 Å². The van der Waals surface area contributed by atoms with Gasteiger partial charge in [-0.05, 0) is 38.2 Å². The third-order valence-corrected chi connectivity index (χ3v) is 3.95. The second-order valence-electron chi connectivity index (χ2n) is 5.31. The Labute approximate surface area is 99.5 Å². The number of likely N-dealkylation sites (tertiary alicyclic amines) is 1. The predicted molar refractivity (Wildman–Crippen MR) is 69.4 cm³/mol. The Hall–Kier alpha value is -0.820. The molecule has 1 heterocycles. The first-order valence-corrected chi connectivity index (χ1v) is 6.49. The van der Waals surface area contributed by atoms with E-state index in [0.717, 1.165) is 12.0 Å². The number of hydrogen-bond donors (Lipinski definition) is 0. The van der Waals surface area contributed by atoms with E-state index >= 15 is 0 Å². The molecular weight excluding hydrogens is 194 g/mol. The van der Waals surface area contributed by atoms with Crippen molar-refractivity contribution < 1.29 is 0 Å². The molecule has 1 aromatic carbocycles. The largest absolute Gasteiger partial charge is 0.294 e. The lowest BCUT2D eigenvalue weighted by molar-refractivity contribution is 0.0845. The normalized spacial score (nSPS) is 28.9. The second kappa shape index (κ2) is 5.01. The number of benzene rings is 1. The molecule has 0 bridgehead atoms. The van der Waals surface area contributed by atoms with Crippen molar-refractivity contribution in [2.24, 2.45) is 5.92 Å². The van der Waals surface area contributed by atoms with Crippen molar-refractivity contribution in [1.29, 1.82) is 0 Å². The fourth-order valence-corrected chi connectivity index (χ4v) is 2.79. The van der Waals surface area contributed by atoms with E-state index in [-0.39, 0.29) is 0 Å². The quantitative estimate of drug-likeness (QED) is 0.727. The predicted octanol–water partition coefficient (Wildman–Crippen LogP) is 3.87. The molecule has 0 radical (unpaired) electrons. The van der Waals surface area contributed by atoms with Crippen LogP contribution in [0.2, 0.25) is 0 Å². The Morgan fingerprint density at radius 3 is 2.50 bits per heavy atom. The van der Waals surface area contributed by atoms with Crippen LogP contribution in [0.5, 0.6) is 0 Å². The standard InChI is InChI=1S/C15H23N/c1-12-9-10-13(2)16(11-12)14(3)15-7-5-4-6-8-15/h4-8,12-14H,9-11H2,1-3H3. The lowest BCUT2D eigenvalue weighted by atomic mass is 9.92. The van der Waals surface area contributed by atoms with Crippen LogP contribution in [-0.4, -0.2) is 17.5 Å². The molecular formula is C15H23N. The second-order valence-corrected chi connectivity index (χ2v) is 5.31. The third kappa shape index (κ3) is 2.46. The van der Waals surface area contributed by atoms with Gasteiger partial charge in [-0.1, -0.05) is 37.3 Å². The van der Waals surface area contributed by atoms with Gasteiger partial charge in [0.1, 0.15) is 0 Å². The van der Waals surface area contributed by atoms with Gasteiger partial charge in [0.2, 0.25) is 0 Å². The summed E-state index contributed by atoms with van der Waals surface area (Å²) in [4.78, 5) is 2.66. The maximum Gasteiger partial charge on any atom is 0.0322 e. The van der Waals surface area contributed by atoms with Crippen LogP contribution in [0.3, 0.4) is 0 Å². The molecule has 3 unspecified atom stereocenters. The van der Waals surface area contributed by atoms with Crippen molar-refractivity contribution in [1.82, 2.24) is 4.90 Å². The molecule has 3 atom stereocenters. The lowest BCUT2D eigenvalue weighted by Crippen LogP contribution is -2.42. The number of rotatable bonds is 2. The van der Waals surface area contributed by atoms with Crippen LogP contribution >= 0.6 is 0 Å². The van der Waals surface area contributed by atoms with Crippen LogP contribution in [0, 0.1) is 5.92 Å². The molecule has 0 N–H and O–H groups in total. The minimum Gasteiger partial charge on any atom is -0.294 e. The molecule has 0 spiro atoms. The lowest BCUT2D eigenvalue weighted by Gasteiger charge is -2.41. The number of piperidine rings is 1. The van der Waals surface area contributed by atoms with Crippen LogP contribution in [0.4, 0.5) is 0 Å². The van der Waals surface area contributed by atoms with E-state index < -0.39 is 0 Å². The maximum atomic E-state index is 2.66. The van der Waals surface area contributed by atoms with E-state index in [1.165, 1.54) is 24.9 Å². The first-order chi connectivity index (χ1) is 7.68. The van der Waals surface area contributed by atoms with Gasteiger partial charge in [-0.15, -0.1) is 0 Å². The van der Waals surface area contributed by atoms with Crippen LogP contribution in [0.1, 0.15) is 45.2 Å². The van der Waals surface area contributed by atoms with E-state index in [2.05, 4.69) is 56.0 Å². The van der Waals surface area contributed by atoms with E-state index in [1.807, 2.05) is 0 Å². The fourth-order valence-electron chi connectivity index (χ4n) is 2.79. The van der Waals surface area contributed by atoms with Gasteiger partial charge in [-0.25, -0.2) is 0 Å². The Morgan fingerprint density at radius 1 is 1.12 bits per heavy atom. The SMILES string of the molecule is CC1CCC(C)N(C(C)c2ccccc2)C1.